The van der Waals surface area contributed by atoms with Gasteiger partial charge in [-0.3, -0.25) is 9.59 Å². The van der Waals surface area contributed by atoms with Gasteiger partial charge in [0.2, 0.25) is 0 Å². The van der Waals surface area contributed by atoms with Crippen LogP contribution in [0.4, 0.5) is 0 Å². The zero-order valence-electron chi connectivity index (χ0n) is 24.2. The molecule has 0 unspecified atom stereocenters. The smallest absolute Gasteiger partial charge is 0.162 e. The minimum atomic E-state index is -0.267. The van der Waals surface area contributed by atoms with E-state index in [0.29, 0.717) is 24.9 Å². The van der Waals surface area contributed by atoms with Gasteiger partial charge in [0.05, 0.1) is 0 Å². The number of allylic oxidation sites excluding steroid dienone is 4. The monoisotopic (exact) mass is 512 g/mol. The average molecular weight is 513 g/mol. The summed E-state index contributed by atoms with van der Waals surface area (Å²) in [7, 11) is 0. The standard InChI is InChI=1S/C34H44N2O2/c1-21(2)35-20-24(23-14-10-11-15-25(23)35)30-31-26(16-33(3,4)18-28(31)37)36(22-12-8-7-9-13-22)27-17-34(5,6)19-29(38)32(27)30/h10-11,14-15,20-22,30H,7-9,12-13,16-19H2,1-6H3. The lowest BCUT2D eigenvalue weighted by atomic mass is 9.63. The van der Waals surface area contributed by atoms with Crippen molar-refractivity contribution in [3.8, 4) is 0 Å². The third kappa shape index (κ3) is 4.10. The Morgan fingerprint density at radius 2 is 1.34 bits per heavy atom. The fourth-order valence-electron chi connectivity index (χ4n) is 7.98. The number of para-hydroxylation sites is 1. The van der Waals surface area contributed by atoms with Crippen molar-refractivity contribution < 1.29 is 9.59 Å². The van der Waals surface area contributed by atoms with Gasteiger partial charge >= 0.3 is 0 Å². The van der Waals surface area contributed by atoms with Gasteiger partial charge in [0.1, 0.15) is 0 Å². The van der Waals surface area contributed by atoms with Crippen LogP contribution in [0.25, 0.3) is 10.9 Å². The molecule has 0 atom stereocenters. The van der Waals surface area contributed by atoms with Gasteiger partial charge in [0.25, 0.3) is 0 Å². The first-order valence-corrected chi connectivity index (χ1v) is 14.9. The van der Waals surface area contributed by atoms with Gasteiger partial charge in [-0.25, -0.2) is 0 Å². The van der Waals surface area contributed by atoms with E-state index >= 15 is 0 Å². The van der Waals surface area contributed by atoms with Crippen LogP contribution in [-0.4, -0.2) is 27.1 Å². The molecule has 0 saturated heterocycles. The molecule has 1 aromatic carbocycles. The van der Waals surface area contributed by atoms with Crippen LogP contribution in [0.3, 0.4) is 0 Å². The lowest BCUT2D eigenvalue weighted by Gasteiger charge is -2.52. The second-order valence-corrected chi connectivity index (χ2v) is 14.3. The molecule has 2 aromatic rings. The van der Waals surface area contributed by atoms with Gasteiger partial charge in [-0.2, -0.15) is 0 Å². The maximum Gasteiger partial charge on any atom is 0.162 e. The van der Waals surface area contributed by atoms with Crippen LogP contribution in [-0.2, 0) is 9.59 Å². The van der Waals surface area contributed by atoms with Gasteiger partial charge in [0, 0.05) is 70.5 Å². The molecule has 0 spiro atoms. The summed E-state index contributed by atoms with van der Waals surface area (Å²) in [6, 6.07) is 9.23. The van der Waals surface area contributed by atoms with Crippen LogP contribution in [0.2, 0.25) is 0 Å². The molecule has 3 aliphatic carbocycles. The zero-order chi connectivity index (χ0) is 27.0. The summed E-state index contributed by atoms with van der Waals surface area (Å²) in [5, 5.41) is 1.17. The van der Waals surface area contributed by atoms with Crippen LogP contribution in [0.1, 0.15) is 117 Å². The SMILES string of the molecule is CC(C)n1cc(C2C3=C(CC(C)(C)CC3=O)N(C3CCCCC3)C3=C2C(=O)CC(C)(C)C3)c2ccccc21. The Morgan fingerprint density at radius 1 is 0.789 bits per heavy atom. The highest BCUT2D eigenvalue weighted by Gasteiger charge is 2.50. The molecule has 38 heavy (non-hydrogen) atoms. The largest absolute Gasteiger partial charge is 0.345 e. The van der Waals surface area contributed by atoms with Crippen LogP contribution in [0, 0.1) is 10.8 Å². The number of aromatic nitrogens is 1. The fourth-order valence-corrected chi connectivity index (χ4v) is 7.98. The van der Waals surface area contributed by atoms with Crippen molar-refractivity contribution in [3.63, 3.8) is 0 Å². The Bertz CT molecular complexity index is 1320. The first-order valence-electron chi connectivity index (χ1n) is 14.9. The van der Waals surface area contributed by atoms with Crippen LogP contribution in [0.5, 0.6) is 0 Å². The second-order valence-electron chi connectivity index (χ2n) is 14.3. The number of carbonyl (C=O) groups is 2. The molecule has 0 bridgehead atoms. The van der Waals surface area contributed by atoms with E-state index in [1.54, 1.807) is 0 Å². The van der Waals surface area contributed by atoms with Crippen molar-refractivity contribution in [1.29, 1.82) is 0 Å². The Hall–Kier alpha value is -2.62. The molecule has 202 valence electrons. The fraction of sp³-hybridized carbons (Fsp3) is 0.588. The highest BCUT2D eigenvalue weighted by Crippen LogP contribution is 2.56. The Kier molecular flexibility index (Phi) is 6.05. The van der Waals surface area contributed by atoms with Crippen LogP contribution < -0.4 is 0 Å². The number of fused-ring (bicyclic) bond motifs is 1. The number of rotatable bonds is 3. The van der Waals surface area contributed by atoms with Crippen molar-refractivity contribution in [1.82, 2.24) is 9.47 Å². The van der Waals surface area contributed by atoms with E-state index in [-0.39, 0.29) is 28.3 Å². The number of hydrogen-bond donors (Lipinski definition) is 0. The predicted octanol–water partition coefficient (Wildman–Crippen LogP) is 8.24. The molecule has 1 fully saturated rings. The van der Waals surface area contributed by atoms with Gasteiger partial charge in [0.15, 0.2) is 11.6 Å². The first-order chi connectivity index (χ1) is 18.0. The molecule has 6 rings (SSSR count). The number of ketones is 2. The predicted molar refractivity (Wildman–Crippen MR) is 154 cm³/mol. The number of Topliss-reactive ketones (excluding diaryl/α,β-unsaturated/α-hetero) is 2. The van der Waals surface area contributed by atoms with Crippen molar-refractivity contribution >= 4 is 22.5 Å². The van der Waals surface area contributed by atoms with E-state index in [9.17, 15) is 9.59 Å². The van der Waals surface area contributed by atoms with E-state index < -0.39 is 0 Å². The Balaban J connectivity index is 1.66. The summed E-state index contributed by atoms with van der Waals surface area (Å²) in [6.45, 7) is 13.4. The van der Waals surface area contributed by atoms with E-state index in [2.05, 4.69) is 81.5 Å². The van der Waals surface area contributed by atoms with Crippen molar-refractivity contribution in [2.75, 3.05) is 0 Å². The topological polar surface area (TPSA) is 42.3 Å². The number of hydrogen-bond acceptors (Lipinski definition) is 3. The summed E-state index contributed by atoms with van der Waals surface area (Å²) >= 11 is 0. The Morgan fingerprint density at radius 3 is 1.89 bits per heavy atom. The minimum Gasteiger partial charge on any atom is -0.345 e. The van der Waals surface area contributed by atoms with Crippen LogP contribution in [0.15, 0.2) is 53.0 Å². The third-order valence-corrected chi connectivity index (χ3v) is 9.53. The maximum atomic E-state index is 14.2. The van der Waals surface area contributed by atoms with Gasteiger partial charge in [-0.1, -0.05) is 65.2 Å². The summed E-state index contributed by atoms with van der Waals surface area (Å²) in [5.41, 5.74) is 6.48. The van der Waals surface area contributed by atoms with E-state index in [1.807, 2.05) is 0 Å². The van der Waals surface area contributed by atoms with Gasteiger partial charge < -0.3 is 9.47 Å². The molecule has 1 saturated carbocycles. The zero-order valence-corrected chi connectivity index (χ0v) is 24.2. The van der Waals surface area contributed by atoms with Crippen molar-refractivity contribution in [3.05, 3.63) is 58.6 Å². The number of nitrogens with zero attached hydrogens (tertiary/aromatic N) is 2. The third-order valence-electron chi connectivity index (χ3n) is 9.53. The summed E-state index contributed by atoms with van der Waals surface area (Å²) in [4.78, 5) is 31.0. The summed E-state index contributed by atoms with van der Waals surface area (Å²) < 4.78 is 2.33. The second kappa shape index (κ2) is 8.96. The first kappa shape index (κ1) is 25.6. The minimum absolute atomic E-state index is 0.0778. The summed E-state index contributed by atoms with van der Waals surface area (Å²) in [6.07, 6.45) is 11.2. The molecule has 0 amide bonds. The molecule has 2 heterocycles. The Labute approximate surface area is 228 Å². The molecule has 4 nitrogen and oxygen atoms in total. The van der Waals surface area contributed by atoms with Crippen LogP contribution >= 0.6 is 0 Å². The molecule has 4 heteroatoms. The lowest BCUT2D eigenvalue weighted by molar-refractivity contribution is -0.119. The lowest BCUT2D eigenvalue weighted by Crippen LogP contribution is -2.48. The molecular formula is C34H44N2O2. The molecule has 1 aromatic heterocycles. The van der Waals surface area contributed by atoms with E-state index in [4.69, 9.17) is 0 Å². The van der Waals surface area contributed by atoms with E-state index in [1.165, 1.54) is 41.6 Å². The average Bonchev–Trinajstić information content (AvgIpc) is 3.21. The molecule has 4 aliphatic rings. The normalized spacial score (nSPS) is 24.4. The maximum absolute atomic E-state index is 14.2. The molecule has 1 aliphatic heterocycles. The number of benzene rings is 1. The van der Waals surface area contributed by atoms with E-state index in [0.717, 1.165) is 42.4 Å². The van der Waals surface area contributed by atoms with Crippen molar-refractivity contribution in [2.24, 2.45) is 10.8 Å². The highest BCUT2D eigenvalue weighted by molar-refractivity contribution is 6.08. The van der Waals surface area contributed by atoms with Gasteiger partial charge in [-0.15, -0.1) is 0 Å². The van der Waals surface area contributed by atoms with Gasteiger partial charge in [-0.05, 0) is 62.0 Å². The summed E-state index contributed by atoms with van der Waals surface area (Å²) in [5.74, 6) is 0.220. The van der Waals surface area contributed by atoms with Crippen molar-refractivity contribution in [2.45, 2.75) is 117 Å². The number of carbonyl (C=O) groups excluding carboxylic acids is 2. The molecule has 0 radical (unpaired) electrons. The quantitative estimate of drug-likeness (QED) is 0.416. The highest BCUT2D eigenvalue weighted by atomic mass is 16.1. The molecule has 0 N–H and O–H groups in total. The molecular weight excluding hydrogens is 468 g/mol.